The number of nitriles is 1. The Hall–Kier alpha value is -3.49. The molecule has 0 saturated carbocycles. The van der Waals surface area contributed by atoms with Crippen LogP contribution in [0.25, 0.3) is 6.08 Å². The Bertz CT molecular complexity index is 1050. The Kier molecular flexibility index (Phi) is 8.93. The molecule has 0 unspecified atom stereocenters. The monoisotopic (exact) mass is 436 g/mol. The van der Waals surface area contributed by atoms with Gasteiger partial charge in [-0.3, -0.25) is 4.79 Å². The number of carbonyl (C=O) groups excluding carboxylic acids is 1. The van der Waals surface area contributed by atoms with E-state index in [4.69, 9.17) is 21.1 Å². The van der Waals surface area contributed by atoms with Crippen LogP contribution in [-0.4, -0.2) is 19.1 Å². The lowest BCUT2D eigenvalue weighted by atomic mass is 10.0. The molecule has 0 radical (unpaired) electrons. The van der Waals surface area contributed by atoms with E-state index in [1.807, 2.05) is 19.1 Å². The summed E-state index contributed by atoms with van der Waals surface area (Å²) >= 11 is 6.11. The van der Waals surface area contributed by atoms with E-state index in [0.29, 0.717) is 47.4 Å². The van der Waals surface area contributed by atoms with E-state index in [-0.39, 0.29) is 5.57 Å². The molecule has 6 heteroatoms. The molecule has 160 valence electrons. The molecule has 0 aliphatic carbocycles. The van der Waals surface area contributed by atoms with Crippen LogP contribution in [0.1, 0.15) is 23.6 Å². The van der Waals surface area contributed by atoms with Gasteiger partial charge in [0.1, 0.15) is 18.2 Å². The fourth-order valence-corrected chi connectivity index (χ4v) is 3.07. The maximum atomic E-state index is 12.7. The third kappa shape index (κ3) is 6.24. The minimum Gasteiger partial charge on any atom is -0.490 e. The van der Waals surface area contributed by atoms with Crippen molar-refractivity contribution in [2.75, 3.05) is 18.5 Å². The molecule has 2 aromatic rings. The van der Waals surface area contributed by atoms with Gasteiger partial charge in [-0.2, -0.15) is 5.26 Å². The average Bonchev–Trinajstić information content (AvgIpc) is 2.75. The highest BCUT2D eigenvalue weighted by Gasteiger charge is 2.15. The normalized spacial score (nSPS) is 10.7. The maximum Gasteiger partial charge on any atom is 0.266 e. The van der Waals surface area contributed by atoms with Crippen LogP contribution in [0.15, 0.2) is 61.2 Å². The number of carbonyl (C=O) groups is 1. The van der Waals surface area contributed by atoms with Crippen LogP contribution in [0.3, 0.4) is 0 Å². The summed E-state index contributed by atoms with van der Waals surface area (Å²) in [4.78, 5) is 12.7. The molecule has 0 saturated heterocycles. The largest absolute Gasteiger partial charge is 0.490 e. The van der Waals surface area contributed by atoms with E-state index in [2.05, 4.69) is 18.5 Å². The summed E-state index contributed by atoms with van der Waals surface area (Å²) in [6.45, 7) is 11.9. The number of nitrogens with one attached hydrogen (secondary N) is 1. The van der Waals surface area contributed by atoms with Gasteiger partial charge in [0.15, 0.2) is 11.5 Å². The van der Waals surface area contributed by atoms with Crippen molar-refractivity contribution in [3.8, 4) is 17.6 Å². The molecular formula is C25H25ClN2O3. The number of halogens is 1. The van der Waals surface area contributed by atoms with Gasteiger partial charge in [0.05, 0.1) is 6.61 Å². The number of hydrogen-bond acceptors (Lipinski definition) is 4. The molecule has 0 atom stereocenters. The molecule has 1 N–H and O–H groups in total. The van der Waals surface area contributed by atoms with E-state index in [9.17, 15) is 10.1 Å². The van der Waals surface area contributed by atoms with Crippen LogP contribution in [0.5, 0.6) is 11.5 Å². The summed E-state index contributed by atoms with van der Waals surface area (Å²) in [6.07, 6.45) is 5.45. The van der Waals surface area contributed by atoms with Gasteiger partial charge in [0.25, 0.3) is 5.91 Å². The van der Waals surface area contributed by atoms with E-state index >= 15 is 0 Å². The Morgan fingerprint density at radius 3 is 2.68 bits per heavy atom. The fourth-order valence-electron chi connectivity index (χ4n) is 2.89. The first-order valence-electron chi connectivity index (χ1n) is 9.77. The van der Waals surface area contributed by atoms with Crippen LogP contribution >= 0.6 is 11.6 Å². The van der Waals surface area contributed by atoms with Crippen molar-refractivity contribution >= 4 is 29.3 Å². The van der Waals surface area contributed by atoms with Gasteiger partial charge in [-0.25, -0.2) is 0 Å². The first-order valence-corrected chi connectivity index (χ1v) is 10.1. The van der Waals surface area contributed by atoms with Gasteiger partial charge in [0.2, 0.25) is 0 Å². The highest BCUT2D eigenvalue weighted by molar-refractivity contribution is 6.31. The Morgan fingerprint density at radius 1 is 1.26 bits per heavy atom. The lowest BCUT2D eigenvalue weighted by Gasteiger charge is -2.16. The van der Waals surface area contributed by atoms with E-state index in [1.54, 1.807) is 43.3 Å². The zero-order chi connectivity index (χ0) is 22.8. The van der Waals surface area contributed by atoms with Crippen molar-refractivity contribution in [3.63, 3.8) is 0 Å². The zero-order valence-electron chi connectivity index (χ0n) is 17.7. The minimum atomic E-state index is -0.525. The topological polar surface area (TPSA) is 71.3 Å². The molecule has 2 rings (SSSR count). The molecule has 0 bridgehead atoms. The number of hydrogen-bond donors (Lipinski definition) is 1. The van der Waals surface area contributed by atoms with Gasteiger partial charge in [0, 0.05) is 16.3 Å². The second-order valence-electron chi connectivity index (χ2n) is 6.57. The molecule has 0 spiro atoms. The predicted octanol–water partition coefficient (Wildman–Crippen LogP) is 5.89. The number of ether oxygens (including phenoxy) is 2. The smallest absolute Gasteiger partial charge is 0.266 e. The SMILES string of the molecule is C=CCOc1c(CC=C)cc(/C=C(\C#N)C(=O)Nc2cccc(Cl)c2C)cc1OCC. The molecule has 2 aromatic carbocycles. The van der Waals surface area contributed by atoms with Crippen molar-refractivity contribution < 1.29 is 14.3 Å². The maximum absolute atomic E-state index is 12.7. The third-order valence-corrected chi connectivity index (χ3v) is 4.77. The van der Waals surface area contributed by atoms with Crippen LogP contribution in [-0.2, 0) is 11.2 Å². The molecular weight excluding hydrogens is 412 g/mol. The molecule has 5 nitrogen and oxygen atoms in total. The first kappa shape index (κ1) is 23.8. The number of rotatable bonds is 10. The van der Waals surface area contributed by atoms with E-state index in [0.717, 1.165) is 11.1 Å². The van der Waals surface area contributed by atoms with Gasteiger partial charge in [-0.15, -0.1) is 6.58 Å². The standard InChI is InChI=1S/C25H25ClN2O3/c1-5-9-19-13-18(15-23(30-7-3)24(19)31-12-6-2)14-20(16-27)25(29)28-22-11-8-10-21(26)17(22)4/h5-6,8,10-11,13-15H,1-2,7,9,12H2,3-4H3,(H,28,29)/b20-14+. The first-order chi connectivity index (χ1) is 14.9. The van der Waals surface area contributed by atoms with Crippen LogP contribution < -0.4 is 14.8 Å². The summed E-state index contributed by atoms with van der Waals surface area (Å²) in [5.41, 5.74) is 2.70. The van der Waals surface area contributed by atoms with Gasteiger partial charge in [-0.05, 0) is 61.7 Å². The average molecular weight is 437 g/mol. The summed E-state index contributed by atoms with van der Waals surface area (Å²) in [6, 6.07) is 10.8. The molecule has 0 heterocycles. The van der Waals surface area contributed by atoms with Crippen LogP contribution in [0, 0.1) is 18.3 Å². The molecule has 31 heavy (non-hydrogen) atoms. The van der Waals surface area contributed by atoms with Crippen LogP contribution in [0.4, 0.5) is 5.69 Å². The Labute approximate surface area is 188 Å². The van der Waals surface area contributed by atoms with Crippen molar-refractivity contribution in [2.24, 2.45) is 0 Å². The Morgan fingerprint density at radius 2 is 2.03 bits per heavy atom. The van der Waals surface area contributed by atoms with E-state index < -0.39 is 5.91 Å². The quantitative estimate of drug-likeness (QED) is 0.286. The van der Waals surface area contributed by atoms with Crippen LogP contribution in [0.2, 0.25) is 5.02 Å². The number of allylic oxidation sites excluding steroid dienone is 1. The summed E-state index contributed by atoms with van der Waals surface area (Å²) in [7, 11) is 0. The number of benzene rings is 2. The van der Waals surface area contributed by atoms with Gasteiger partial charge < -0.3 is 14.8 Å². The molecule has 0 aliphatic heterocycles. The zero-order valence-corrected chi connectivity index (χ0v) is 18.5. The second-order valence-corrected chi connectivity index (χ2v) is 6.98. The Balaban J connectivity index is 2.45. The van der Waals surface area contributed by atoms with E-state index in [1.165, 1.54) is 6.08 Å². The third-order valence-electron chi connectivity index (χ3n) is 4.36. The fraction of sp³-hybridized carbons (Fsp3) is 0.200. The number of amides is 1. The lowest BCUT2D eigenvalue weighted by Crippen LogP contribution is -2.14. The molecule has 1 amide bonds. The van der Waals surface area contributed by atoms with Crippen molar-refractivity contribution in [1.29, 1.82) is 5.26 Å². The number of nitrogens with zero attached hydrogens (tertiary/aromatic N) is 1. The van der Waals surface area contributed by atoms with Gasteiger partial charge in [-0.1, -0.05) is 36.4 Å². The predicted molar refractivity (Wildman–Crippen MR) is 126 cm³/mol. The second kappa shape index (κ2) is 11.6. The van der Waals surface area contributed by atoms with Crippen molar-refractivity contribution in [3.05, 3.63) is 82.9 Å². The summed E-state index contributed by atoms with van der Waals surface area (Å²) < 4.78 is 11.5. The van der Waals surface area contributed by atoms with Gasteiger partial charge >= 0.3 is 0 Å². The summed E-state index contributed by atoms with van der Waals surface area (Å²) in [5, 5.41) is 12.9. The summed E-state index contributed by atoms with van der Waals surface area (Å²) in [5.74, 6) is 0.595. The molecule has 0 aromatic heterocycles. The molecule has 0 aliphatic rings. The lowest BCUT2D eigenvalue weighted by molar-refractivity contribution is -0.112. The van der Waals surface area contributed by atoms with Crippen molar-refractivity contribution in [2.45, 2.75) is 20.3 Å². The molecule has 0 fully saturated rings. The number of anilines is 1. The minimum absolute atomic E-state index is 0.0499. The van der Waals surface area contributed by atoms with Crippen molar-refractivity contribution in [1.82, 2.24) is 0 Å². The highest BCUT2D eigenvalue weighted by atomic mass is 35.5. The highest BCUT2D eigenvalue weighted by Crippen LogP contribution is 2.35.